The first kappa shape index (κ1) is 14.8. The van der Waals surface area contributed by atoms with Gasteiger partial charge in [0.05, 0.1) is 5.38 Å². The Balaban J connectivity index is 1.96. The number of piperidine rings is 1. The van der Waals surface area contributed by atoms with Gasteiger partial charge in [-0.15, -0.1) is 11.6 Å². The van der Waals surface area contributed by atoms with Gasteiger partial charge in [0.15, 0.2) is 5.65 Å². The average molecular weight is 307 g/mol. The number of pyridine rings is 1. The standard InChI is InChI=1S/C16H23ClN4/c1-11-4-7-18-16-14(11)19-15(12(2)17)21(16)10-13-5-8-20(3)9-6-13/h4,7,12-13H,5-6,8-10H2,1-3H3. The Morgan fingerprint density at radius 3 is 2.76 bits per heavy atom. The molecule has 1 fully saturated rings. The maximum atomic E-state index is 6.35. The normalized spacial score (nSPS) is 19.2. The van der Waals surface area contributed by atoms with E-state index in [9.17, 15) is 0 Å². The van der Waals surface area contributed by atoms with Gasteiger partial charge in [-0.1, -0.05) is 0 Å². The van der Waals surface area contributed by atoms with Crippen molar-refractivity contribution in [2.45, 2.75) is 38.6 Å². The van der Waals surface area contributed by atoms with E-state index in [-0.39, 0.29) is 5.38 Å². The molecule has 0 N–H and O–H groups in total. The van der Waals surface area contributed by atoms with Gasteiger partial charge in [0.2, 0.25) is 0 Å². The molecule has 1 atom stereocenters. The number of alkyl halides is 1. The molecule has 3 rings (SSSR count). The minimum atomic E-state index is -0.0927. The molecule has 0 aromatic carbocycles. The molecule has 5 heteroatoms. The fourth-order valence-electron chi connectivity index (χ4n) is 3.14. The van der Waals surface area contributed by atoms with E-state index >= 15 is 0 Å². The smallest absolute Gasteiger partial charge is 0.160 e. The number of rotatable bonds is 3. The Kier molecular flexibility index (Phi) is 4.18. The molecule has 3 heterocycles. The molecule has 21 heavy (non-hydrogen) atoms. The Morgan fingerprint density at radius 2 is 2.10 bits per heavy atom. The molecule has 1 saturated heterocycles. The first-order valence-corrected chi connectivity index (χ1v) is 8.14. The molecular formula is C16H23ClN4. The van der Waals surface area contributed by atoms with E-state index in [1.54, 1.807) is 0 Å². The minimum Gasteiger partial charge on any atom is -0.311 e. The second-order valence-corrected chi connectivity index (χ2v) is 6.90. The monoisotopic (exact) mass is 306 g/mol. The Hall–Kier alpha value is -1.13. The summed E-state index contributed by atoms with van der Waals surface area (Å²) < 4.78 is 2.25. The quantitative estimate of drug-likeness (QED) is 0.815. The zero-order chi connectivity index (χ0) is 15.0. The molecule has 4 nitrogen and oxygen atoms in total. The zero-order valence-corrected chi connectivity index (χ0v) is 13.8. The number of fused-ring (bicyclic) bond motifs is 1. The van der Waals surface area contributed by atoms with Gasteiger partial charge in [0, 0.05) is 12.7 Å². The van der Waals surface area contributed by atoms with Crippen LogP contribution in [0.2, 0.25) is 0 Å². The molecule has 1 unspecified atom stereocenters. The van der Waals surface area contributed by atoms with Crippen molar-refractivity contribution in [1.29, 1.82) is 0 Å². The van der Waals surface area contributed by atoms with Crippen molar-refractivity contribution in [3.63, 3.8) is 0 Å². The molecule has 0 bridgehead atoms. The Labute approximate surface area is 131 Å². The fourth-order valence-corrected chi connectivity index (χ4v) is 3.31. The van der Waals surface area contributed by atoms with Crippen LogP contribution < -0.4 is 0 Å². The SMILES string of the molecule is Cc1ccnc2c1nc(C(C)Cl)n2CC1CCN(C)CC1. The lowest BCUT2D eigenvalue weighted by Gasteiger charge is -2.29. The number of hydrogen-bond acceptors (Lipinski definition) is 3. The second-order valence-electron chi connectivity index (χ2n) is 6.24. The molecule has 114 valence electrons. The molecule has 0 spiro atoms. The summed E-state index contributed by atoms with van der Waals surface area (Å²) in [7, 11) is 2.19. The van der Waals surface area contributed by atoms with Crippen LogP contribution in [-0.2, 0) is 6.54 Å². The third kappa shape index (κ3) is 2.92. The zero-order valence-electron chi connectivity index (χ0n) is 13.0. The summed E-state index contributed by atoms with van der Waals surface area (Å²) in [5.74, 6) is 1.64. The van der Waals surface area contributed by atoms with Gasteiger partial charge in [-0.3, -0.25) is 0 Å². The second kappa shape index (κ2) is 5.93. The maximum absolute atomic E-state index is 6.35. The summed E-state index contributed by atoms with van der Waals surface area (Å²) in [6.07, 6.45) is 4.34. The van der Waals surface area contributed by atoms with E-state index in [4.69, 9.17) is 16.6 Å². The number of imidazole rings is 1. The highest BCUT2D eigenvalue weighted by Crippen LogP contribution is 2.28. The van der Waals surface area contributed by atoms with E-state index in [1.807, 2.05) is 19.2 Å². The highest BCUT2D eigenvalue weighted by atomic mass is 35.5. The van der Waals surface area contributed by atoms with Crippen LogP contribution in [-0.4, -0.2) is 39.6 Å². The number of aryl methyl sites for hydroxylation is 1. The molecular weight excluding hydrogens is 284 g/mol. The highest BCUT2D eigenvalue weighted by molar-refractivity contribution is 6.20. The lowest BCUT2D eigenvalue weighted by molar-refractivity contribution is 0.205. The van der Waals surface area contributed by atoms with E-state index < -0.39 is 0 Å². The number of likely N-dealkylation sites (tertiary alicyclic amines) is 1. The largest absolute Gasteiger partial charge is 0.311 e. The van der Waals surface area contributed by atoms with Crippen molar-refractivity contribution in [1.82, 2.24) is 19.4 Å². The van der Waals surface area contributed by atoms with Crippen molar-refractivity contribution in [2.75, 3.05) is 20.1 Å². The molecule has 0 amide bonds. The molecule has 0 radical (unpaired) electrons. The van der Waals surface area contributed by atoms with Gasteiger partial charge in [0.25, 0.3) is 0 Å². The van der Waals surface area contributed by atoms with Gasteiger partial charge >= 0.3 is 0 Å². The molecule has 1 aliphatic rings. The van der Waals surface area contributed by atoms with Crippen LogP contribution in [0.4, 0.5) is 0 Å². The Morgan fingerprint density at radius 1 is 1.38 bits per heavy atom. The minimum absolute atomic E-state index is 0.0927. The molecule has 0 aliphatic carbocycles. The van der Waals surface area contributed by atoms with Crippen LogP contribution in [0, 0.1) is 12.8 Å². The first-order valence-electron chi connectivity index (χ1n) is 7.70. The molecule has 2 aromatic heterocycles. The number of aromatic nitrogens is 3. The van der Waals surface area contributed by atoms with Gasteiger partial charge in [-0.25, -0.2) is 9.97 Å². The van der Waals surface area contributed by atoms with Crippen LogP contribution in [0.3, 0.4) is 0 Å². The van der Waals surface area contributed by atoms with Gasteiger partial charge < -0.3 is 9.47 Å². The molecule has 0 saturated carbocycles. The van der Waals surface area contributed by atoms with Crippen LogP contribution in [0.15, 0.2) is 12.3 Å². The number of hydrogen-bond donors (Lipinski definition) is 0. The predicted octanol–water partition coefficient (Wildman–Crippen LogP) is 3.38. The maximum Gasteiger partial charge on any atom is 0.160 e. The van der Waals surface area contributed by atoms with E-state index in [2.05, 4.69) is 28.4 Å². The van der Waals surface area contributed by atoms with Crippen molar-refractivity contribution in [3.8, 4) is 0 Å². The predicted molar refractivity (Wildman–Crippen MR) is 86.8 cm³/mol. The number of nitrogens with zero attached hydrogens (tertiary/aromatic N) is 4. The first-order chi connectivity index (χ1) is 10.1. The fraction of sp³-hybridized carbons (Fsp3) is 0.625. The summed E-state index contributed by atoms with van der Waals surface area (Å²) >= 11 is 6.35. The summed E-state index contributed by atoms with van der Waals surface area (Å²) in [5.41, 5.74) is 3.14. The van der Waals surface area contributed by atoms with E-state index in [0.717, 1.165) is 23.5 Å². The van der Waals surface area contributed by atoms with E-state index in [0.29, 0.717) is 5.92 Å². The topological polar surface area (TPSA) is 34.0 Å². The van der Waals surface area contributed by atoms with Gasteiger partial charge in [0.1, 0.15) is 11.3 Å². The van der Waals surface area contributed by atoms with Crippen LogP contribution in [0.25, 0.3) is 11.2 Å². The van der Waals surface area contributed by atoms with Crippen LogP contribution in [0.1, 0.15) is 36.5 Å². The lowest BCUT2D eigenvalue weighted by atomic mass is 9.97. The van der Waals surface area contributed by atoms with Gasteiger partial charge in [-0.2, -0.15) is 0 Å². The third-order valence-electron chi connectivity index (χ3n) is 4.50. The lowest BCUT2D eigenvalue weighted by Crippen LogP contribution is -2.32. The van der Waals surface area contributed by atoms with Crippen molar-refractivity contribution in [2.24, 2.45) is 5.92 Å². The molecule has 1 aliphatic heterocycles. The Bertz CT molecular complexity index is 626. The van der Waals surface area contributed by atoms with Crippen molar-refractivity contribution < 1.29 is 0 Å². The summed E-state index contributed by atoms with van der Waals surface area (Å²) in [6, 6.07) is 2.01. The van der Waals surface area contributed by atoms with Gasteiger partial charge in [-0.05, 0) is 64.4 Å². The van der Waals surface area contributed by atoms with Crippen LogP contribution >= 0.6 is 11.6 Å². The summed E-state index contributed by atoms with van der Waals surface area (Å²) in [4.78, 5) is 11.7. The molecule has 2 aromatic rings. The van der Waals surface area contributed by atoms with Crippen molar-refractivity contribution in [3.05, 3.63) is 23.7 Å². The third-order valence-corrected chi connectivity index (χ3v) is 4.70. The van der Waals surface area contributed by atoms with E-state index in [1.165, 1.54) is 31.5 Å². The van der Waals surface area contributed by atoms with Crippen molar-refractivity contribution >= 4 is 22.8 Å². The van der Waals surface area contributed by atoms with Crippen LogP contribution in [0.5, 0.6) is 0 Å². The average Bonchev–Trinajstić information content (AvgIpc) is 2.82. The summed E-state index contributed by atoms with van der Waals surface area (Å²) in [5, 5.41) is -0.0927. The summed E-state index contributed by atoms with van der Waals surface area (Å²) in [6.45, 7) is 7.40. The highest BCUT2D eigenvalue weighted by Gasteiger charge is 2.22. The number of halogens is 1.